The van der Waals surface area contributed by atoms with E-state index in [1.54, 1.807) is 6.92 Å². The molecule has 1 rings (SSSR count). The lowest BCUT2D eigenvalue weighted by atomic mass is 10.2. The van der Waals surface area contributed by atoms with E-state index in [-0.39, 0.29) is 6.61 Å². The lowest BCUT2D eigenvalue weighted by Crippen LogP contribution is -2.48. The number of rotatable bonds is 9. The number of carboxylic acid groups (broad SMARTS) is 1. The molecule has 0 aliphatic rings. The Hall–Kier alpha value is -2.08. The van der Waals surface area contributed by atoms with Gasteiger partial charge < -0.3 is 19.9 Å². The fraction of sp³-hybridized carbons (Fsp3) is 0.500. The summed E-state index contributed by atoms with van der Waals surface area (Å²) in [7, 11) is 0. The number of hydrogen-bond donors (Lipinski definition) is 2. The average molecular weight is 309 g/mol. The first-order valence-corrected chi connectivity index (χ1v) is 7.36. The average Bonchev–Trinajstić information content (AvgIpc) is 2.51. The molecule has 0 heterocycles. The van der Waals surface area contributed by atoms with E-state index in [1.165, 1.54) is 0 Å². The minimum atomic E-state index is -1.15. The number of aliphatic carboxylic acids is 1. The third kappa shape index (κ3) is 6.58. The molecule has 1 aromatic carbocycles. The van der Waals surface area contributed by atoms with Crippen molar-refractivity contribution >= 4 is 12.1 Å². The second-order valence-electron chi connectivity index (χ2n) is 4.95. The Bertz CT molecular complexity index is 463. The van der Waals surface area contributed by atoms with E-state index < -0.39 is 24.2 Å². The van der Waals surface area contributed by atoms with E-state index in [4.69, 9.17) is 9.47 Å². The molecule has 1 aromatic rings. The van der Waals surface area contributed by atoms with Crippen molar-refractivity contribution in [1.82, 2.24) is 5.32 Å². The highest BCUT2D eigenvalue weighted by Crippen LogP contribution is 2.04. The van der Waals surface area contributed by atoms with E-state index in [1.807, 2.05) is 37.3 Å². The molecule has 0 saturated carbocycles. The summed E-state index contributed by atoms with van der Waals surface area (Å²) >= 11 is 0. The Morgan fingerprint density at radius 2 is 1.95 bits per heavy atom. The number of nitrogens with one attached hydrogen (secondary N) is 1. The van der Waals surface area contributed by atoms with Crippen molar-refractivity contribution in [3.63, 3.8) is 0 Å². The summed E-state index contributed by atoms with van der Waals surface area (Å²) in [5.41, 5.74) is 0.830. The van der Waals surface area contributed by atoms with Gasteiger partial charge in [0.05, 0.1) is 6.10 Å². The lowest BCUT2D eigenvalue weighted by molar-refractivity contribution is -0.143. The zero-order chi connectivity index (χ0) is 16.4. The minimum absolute atomic E-state index is 0.0874. The Morgan fingerprint density at radius 1 is 1.27 bits per heavy atom. The van der Waals surface area contributed by atoms with Crippen LogP contribution in [0.1, 0.15) is 32.3 Å². The first kappa shape index (κ1) is 18.0. The number of carbonyl (C=O) groups excluding carboxylic acids is 1. The molecule has 0 spiro atoms. The van der Waals surface area contributed by atoms with Crippen LogP contribution in [0.5, 0.6) is 0 Å². The van der Waals surface area contributed by atoms with Gasteiger partial charge in [-0.2, -0.15) is 0 Å². The van der Waals surface area contributed by atoms with E-state index in [2.05, 4.69) is 5.32 Å². The zero-order valence-corrected chi connectivity index (χ0v) is 13.0. The molecular weight excluding hydrogens is 286 g/mol. The van der Waals surface area contributed by atoms with Crippen LogP contribution in [0, 0.1) is 0 Å². The molecule has 122 valence electrons. The highest BCUT2D eigenvalue weighted by atomic mass is 16.5. The SMILES string of the molecule is CCCCO[C@H](C)[C@H](NC(=O)OCc1ccccc1)C(=O)O. The summed E-state index contributed by atoms with van der Waals surface area (Å²) in [4.78, 5) is 22.9. The van der Waals surface area contributed by atoms with Crippen LogP contribution in [0.2, 0.25) is 0 Å². The summed E-state index contributed by atoms with van der Waals surface area (Å²) < 4.78 is 10.4. The predicted molar refractivity (Wildman–Crippen MR) is 81.5 cm³/mol. The molecular formula is C16H23NO5. The second kappa shape index (κ2) is 9.78. The molecule has 6 heteroatoms. The summed E-state index contributed by atoms with van der Waals surface area (Å²) in [6.45, 7) is 4.18. The molecule has 22 heavy (non-hydrogen) atoms. The van der Waals surface area contributed by atoms with Gasteiger partial charge in [0.15, 0.2) is 6.04 Å². The molecule has 6 nitrogen and oxygen atoms in total. The van der Waals surface area contributed by atoms with Gasteiger partial charge in [0.25, 0.3) is 0 Å². The number of hydrogen-bond acceptors (Lipinski definition) is 4. The standard InChI is InChI=1S/C16H23NO5/c1-3-4-10-21-12(2)14(15(18)19)17-16(20)22-11-13-8-6-5-7-9-13/h5-9,12,14H,3-4,10-11H2,1-2H3,(H,17,20)(H,18,19)/t12-,14+/m1/s1. The first-order valence-electron chi connectivity index (χ1n) is 7.36. The van der Waals surface area contributed by atoms with Gasteiger partial charge in [0.1, 0.15) is 6.61 Å². The van der Waals surface area contributed by atoms with Crippen LogP contribution in [0.4, 0.5) is 4.79 Å². The second-order valence-corrected chi connectivity index (χ2v) is 4.95. The number of unbranched alkanes of at least 4 members (excludes halogenated alkanes) is 1. The number of amides is 1. The predicted octanol–water partition coefficient (Wildman–Crippen LogP) is 2.57. The molecule has 1 amide bonds. The van der Waals surface area contributed by atoms with Crippen molar-refractivity contribution < 1.29 is 24.2 Å². The molecule has 2 N–H and O–H groups in total. The van der Waals surface area contributed by atoms with Gasteiger partial charge in [-0.05, 0) is 18.9 Å². The summed E-state index contributed by atoms with van der Waals surface area (Å²) in [5.74, 6) is -1.15. The number of alkyl carbamates (subject to hydrolysis) is 1. The van der Waals surface area contributed by atoms with Crippen LogP contribution in [-0.4, -0.2) is 35.9 Å². The van der Waals surface area contributed by atoms with E-state index in [9.17, 15) is 14.7 Å². The van der Waals surface area contributed by atoms with Crippen molar-refractivity contribution in [2.45, 2.75) is 45.4 Å². The van der Waals surface area contributed by atoms with Crippen LogP contribution < -0.4 is 5.32 Å². The van der Waals surface area contributed by atoms with Crippen LogP contribution >= 0.6 is 0 Å². The van der Waals surface area contributed by atoms with E-state index in [0.29, 0.717) is 6.61 Å². The largest absolute Gasteiger partial charge is 0.480 e. The van der Waals surface area contributed by atoms with Gasteiger partial charge in [0, 0.05) is 6.61 Å². The van der Waals surface area contributed by atoms with E-state index in [0.717, 1.165) is 18.4 Å². The smallest absolute Gasteiger partial charge is 0.408 e. The highest BCUT2D eigenvalue weighted by molar-refractivity contribution is 5.80. The Labute approximate surface area is 130 Å². The van der Waals surface area contributed by atoms with Gasteiger partial charge in [-0.1, -0.05) is 43.7 Å². The van der Waals surface area contributed by atoms with Gasteiger partial charge in [-0.15, -0.1) is 0 Å². The molecule has 0 unspecified atom stereocenters. The molecule has 0 saturated heterocycles. The fourth-order valence-electron chi connectivity index (χ4n) is 1.78. The van der Waals surface area contributed by atoms with Gasteiger partial charge in [-0.3, -0.25) is 0 Å². The third-order valence-corrected chi connectivity index (χ3v) is 3.10. The number of carbonyl (C=O) groups is 2. The molecule has 0 bridgehead atoms. The van der Waals surface area contributed by atoms with Crippen molar-refractivity contribution in [2.75, 3.05) is 6.61 Å². The van der Waals surface area contributed by atoms with Crippen LogP contribution in [-0.2, 0) is 20.9 Å². The van der Waals surface area contributed by atoms with Crippen molar-refractivity contribution in [3.8, 4) is 0 Å². The molecule has 0 fully saturated rings. The maximum atomic E-state index is 11.7. The molecule has 0 radical (unpaired) electrons. The molecule has 2 atom stereocenters. The van der Waals surface area contributed by atoms with E-state index >= 15 is 0 Å². The third-order valence-electron chi connectivity index (χ3n) is 3.10. The van der Waals surface area contributed by atoms with Crippen LogP contribution in [0.15, 0.2) is 30.3 Å². The summed E-state index contributed by atoms with van der Waals surface area (Å²) in [5, 5.41) is 11.5. The number of ether oxygens (including phenoxy) is 2. The Balaban J connectivity index is 2.44. The van der Waals surface area contributed by atoms with Gasteiger partial charge in [0.2, 0.25) is 0 Å². The monoisotopic (exact) mass is 309 g/mol. The summed E-state index contributed by atoms with van der Waals surface area (Å²) in [6.07, 6.45) is 0.391. The topological polar surface area (TPSA) is 84.9 Å². The van der Waals surface area contributed by atoms with Crippen molar-refractivity contribution in [3.05, 3.63) is 35.9 Å². The number of carboxylic acids is 1. The highest BCUT2D eigenvalue weighted by Gasteiger charge is 2.27. The Morgan fingerprint density at radius 3 is 2.55 bits per heavy atom. The van der Waals surface area contributed by atoms with Gasteiger partial charge >= 0.3 is 12.1 Å². The zero-order valence-electron chi connectivity index (χ0n) is 13.0. The Kier molecular flexibility index (Phi) is 7.99. The quantitative estimate of drug-likeness (QED) is 0.685. The van der Waals surface area contributed by atoms with Crippen molar-refractivity contribution in [2.24, 2.45) is 0 Å². The fourth-order valence-corrected chi connectivity index (χ4v) is 1.78. The summed E-state index contributed by atoms with van der Waals surface area (Å²) in [6, 6.07) is 8.02. The maximum Gasteiger partial charge on any atom is 0.408 e. The van der Waals surface area contributed by atoms with Crippen molar-refractivity contribution in [1.29, 1.82) is 0 Å². The maximum absolute atomic E-state index is 11.7. The lowest BCUT2D eigenvalue weighted by Gasteiger charge is -2.21. The molecule has 0 aromatic heterocycles. The normalized spacial score (nSPS) is 13.2. The number of benzene rings is 1. The molecule has 0 aliphatic carbocycles. The van der Waals surface area contributed by atoms with Crippen LogP contribution in [0.3, 0.4) is 0 Å². The first-order chi connectivity index (χ1) is 10.5. The minimum Gasteiger partial charge on any atom is -0.480 e. The van der Waals surface area contributed by atoms with Crippen LogP contribution in [0.25, 0.3) is 0 Å². The van der Waals surface area contributed by atoms with Gasteiger partial charge in [-0.25, -0.2) is 9.59 Å². The molecule has 0 aliphatic heterocycles.